The van der Waals surface area contributed by atoms with E-state index in [1.54, 1.807) is 13.8 Å². The third-order valence-corrected chi connectivity index (χ3v) is 3.08. The van der Waals surface area contributed by atoms with E-state index in [1.165, 1.54) is 0 Å². The Balaban J connectivity index is 4.51. The van der Waals surface area contributed by atoms with Gasteiger partial charge in [0.25, 0.3) is 0 Å². The third-order valence-electron chi connectivity index (χ3n) is 3.08. The van der Waals surface area contributed by atoms with Gasteiger partial charge in [-0.15, -0.1) is 0 Å². The largest absolute Gasteiger partial charge is 0.463 e. The number of carbonyl (C=O) groups excluding carboxylic acids is 1. The van der Waals surface area contributed by atoms with Crippen molar-refractivity contribution in [1.82, 2.24) is 0 Å². The van der Waals surface area contributed by atoms with Crippen LogP contribution in [0.15, 0.2) is 0 Å². The fourth-order valence-corrected chi connectivity index (χ4v) is 1.96. The van der Waals surface area contributed by atoms with E-state index in [-0.39, 0.29) is 6.42 Å². The van der Waals surface area contributed by atoms with Crippen molar-refractivity contribution in [3.8, 4) is 0 Å². The molecule has 0 saturated carbocycles. The molecule has 0 aromatic carbocycles. The monoisotopic (exact) mass is 297 g/mol. The van der Waals surface area contributed by atoms with Crippen LogP contribution in [0, 0.1) is 5.92 Å². The molecule has 120 valence electrons. The second-order valence-electron chi connectivity index (χ2n) is 5.36. The predicted molar refractivity (Wildman–Crippen MR) is 72.1 cm³/mol. The van der Waals surface area contributed by atoms with Gasteiger partial charge in [-0.25, -0.2) is 0 Å². The molecule has 0 fully saturated rings. The number of esters is 1. The molecule has 2 N–H and O–H groups in total. The topological polar surface area (TPSA) is 52.3 Å². The Morgan fingerprint density at radius 3 is 2.15 bits per heavy atom. The summed E-state index contributed by atoms with van der Waals surface area (Å²) in [5.74, 6) is -2.15. The molecule has 20 heavy (non-hydrogen) atoms. The molecule has 0 saturated heterocycles. The van der Waals surface area contributed by atoms with Gasteiger partial charge in [0.15, 0.2) is 0 Å². The maximum absolute atomic E-state index is 12.7. The Morgan fingerprint density at radius 1 is 1.15 bits per heavy atom. The van der Waals surface area contributed by atoms with Gasteiger partial charge in [-0.3, -0.25) is 4.79 Å². The molecule has 3 nitrogen and oxygen atoms in total. The van der Waals surface area contributed by atoms with Crippen LogP contribution in [0.2, 0.25) is 0 Å². The minimum Gasteiger partial charge on any atom is -0.463 e. The third kappa shape index (κ3) is 7.72. The number of hydrogen-bond acceptors (Lipinski definition) is 3. The standard InChI is InChI=1S/C14H26F3NO2/c1-4-5-6-7-8-9-11(12(18)14(15,16)17)13(19)20-10(2)3/h10-12H,4-9,18H2,1-3H3/t11-,12-/m0/s1. The lowest BCUT2D eigenvalue weighted by atomic mass is 9.93. The maximum atomic E-state index is 12.7. The molecular weight excluding hydrogens is 271 g/mol. The number of ether oxygens (including phenoxy) is 1. The molecule has 0 amide bonds. The molecule has 0 rings (SSSR count). The molecule has 0 unspecified atom stereocenters. The van der Waals surface area contributed by atoms with Crippen LogP contribution in [0.1, 0.15) is 59.3 Å². The predicted octanol–water partition coefficient (Wildman–Crippen LogP) is 3.80. The Bertz CT molecular complexity index is 280. The summed E-state index contributed by atoms with van der Waals surface area (Å²) < 4.78 is 43.0. The van der Waals surface area contributed by atoms with Crippen molar-refractivity contribution in [3.63, 3.8) is 0 Å². The zero-order valence-electron chi connectivity index (χ0n) is 12.5. The van der Waals surface area contributed by atoms with Crippen LogP contribution in [-0.4, -0.2) is 24.3 Å². The summed E-state index contributed by atoms with van der Waals surface area (Å²) in [6.07, 6.45) is -0.465. The number of rotatable bonds is 9. The number of carbonyl (C=O) groups is 1. The van der Waals surface area contributed by atoms with E-state index >= 15 is 0 Å². The minimum absolute atomic E-state index is 0.121. The van der Waals surface area contributed by atoms with Crippen molar-refractivity contribution in [2.75, 3.05) is 0 Å². The van der Waals surface area contributed by atoms with Crippen LogP contribution in [0.5, 0.6) is 0 Å². The van der Waals surface area contributed by atoms with E-state index in [1.807, 2.05) is 0 Å². The van der Waals surface area contributed by atoms with Gasteiger partial charge in [-0.05, 0) is 20.3 Å². The minimum atomic E-state index is -4.58. The van der Waals surface area contributed by atoms with Gasteiger partial charge in [0, 0.05) is 0 Å². The first kappa shape index (κ1) is 19.2. The molecule has 0 aromatic heterocycles. The molecule has 0 radical (unpaired) electrons. The smallest absolute Gasteiger partial charge is 0.404 e. The van der Waals surface area contributed by atoms with Gasteiger partial charge >= 0.3 is 12.1 Å². The molecule has 2 atom stereocenters. The van der Waals surface area contributed by atoms with Crippen molar-refractivity contribution < 1.29 is 22.7 Å². The summed E-state index contributed by atoms with van der Waals surface area (Å²) in [7, 11) is 0. The molecular formula is C14H26F3NO2. The molecule has 0 heterocycles. The van der Waals surface area contributed by atoms with Crippen molar-refractivity contribution in [2.45, 2.75) is 77.6 Å². The number of hydrogen-bond donors (Lipinski definition) is 1. The highest BCUT2D eigenvalue weighted by Gasteiger charge is 2.45. The molecule has 0 aliphatic carbocycles. The van der Waals surface area contributed by atoms with E-state index < -0.39 is 30.2 Å². The fraction of sp³-hybridized carbons (Fsp3) is 0.929. The summed E-state index contributed by atoms with van der Waals surface area (Å²) in [6.45, 7) is 5.27. The normalized spacial score (nSPS) is 15.2. The van der Waals surface area contributed by atoms with Crippen LogP contribution in [0.4, 0.5) is 13.2 Å². The number of unbranched alkanes of at least 4 members (excludes halogenated alkanes) is 4. The van der Waals surface area contributed by atoms with Gasteiger partial charge in [0.1, 0.15) is 6.04 Å². The van der Waals surface area contributed by atoms with Gasteiger partial charge in [-0.1, -0.05) is 39.0 Å². The van der Waals surface area contributed by atoms with Crippen molar-refractivity contribution >= 4 is 5.97 Å². The molecule has 0 aromatic rings. The number of nitrogens with two attached hydrogens (primary N) is 1. The highest BCUT2D eigenvalue weighted by Crippen LogP contribution is 2.28. The molecule has 6 heteroatoms. The molecule has 0 spiro atoms. The van der Waals surface area contributed by atoms with Crippen LogP contribution >= 0.6 is 0 Å². The van der Waals surface area contributed by atoms with E-state index in [0.29, 0.717) is 6.42 Å². The average Bonchev–Trinajstić information content (AvgIpc) is 2.30. The summed E-state index contributed by atoms with van der Waals surface area (Å²) in [5.41, 5.74) is 5.19. The van der Waals surface area contributed by atoms with Gasteiger partial charge < -0.3 is 10.5 Å². The average molecular weight is 297 g/mol. The second-order valence-corrected chi connectivity index (χ2v) is 5.36. The van der Waals surface area contributed by atoms with Crippen LogP contribution in [0.25, 0.3) is 0 Å². The van der Waals surface area contributed by atoms with Crippen molar-refractivity contribution in [2.24, 2.45) is 11.7 Å². The first-order chi connectivity index (χ1) is 9.20. The second kappa shape index (κ2) is 9.21. The lowest BCUT2D eigenvalue weighted by Gasteiger charge is -2.25. The molecule has 0 bridgehead atoms. The summed E-state index contributed by atoms with van der Waals surface area (Å²) in [6, 6.07) is -2.15. The summed E-state index contributed by atoms with van der Waals surface area (Å²) in [5, 5.41) is 0. The number of alkyl halides is 3. The Morgan fingerprint density at radius 2 is 1.70 bits per heavy atom. The zero-order valence-corrected chi connectivity index (χ0v) is 12.5. The molecule has 0 aliphatic rings. The Hall–Kier alpha value is -0.780. The van der Waals surface area contributed by atoms with Crippen LogP contribution in [0.3, 0.4) is 0 Å². The Labute approximate surface area is 119 Å². The van der Waals surface area contributed by atoms with E-state index in [0.717, 1.165) is 25.7 Å². The number of halogens is 3. The lowest BCUT2D eigenvalue weighted by molar-refractivity contribution is -0.179. The lowest BCUT2D eigenvalue weighted by Crippen LogP contribution is -2.47. The quantitative estimate of drug-likeness (QED) is 0.520. The van der Waals surface area contributed by atoms with Crippen LogP contribution < -0.4 is 5.73 Å². The fourth-order valence-electron chi connectivity index (χ4n) is 1.96. The van der Waals surface area contributed by atoms with Crippen molar-refractivity contribution in [3.05, 3.63) is 0 Å². The summed E-state index contributed by atoms with van der Waals surface area (Å²) >= 11 is 0. The first-order valence-electron chi connectivity index (χ1n) is 7.22. The molecule has 0 aliphatic heterocycles. The van der Waals surface area contributed by atoms with Gasteiger partial charge in [0.05, 0.1) is 12.0 Å². The van der Waals surface area contributed by atoms with E-state index in [4.69, 9.17) is 10.5 Å². The SMILES string of the molecule is CCCCCCC[C@H](C(=O)OC(C)C)[C@H](N)C(F)(F)F. The highest BCUT2D eigenvalue weighted by atomic mass is 19.4. The van der Waals surface area contributed by atoms with Crippen LogP contribution in [-0.2, 0) is 9.53 Å². The van der Waals surface area contributed by atoms with Crippen molar-refractivity contribution in [1.29, 1.82) is 0 Å². The zero-order chi connectivity index (χ0) is 15.8. The maximum Gasteiger partial charge on any atom is 0.404 e. The highest BCUT2D eigenvalue weighted by molar-refractivity contribution is 5.73. The van der Waals surface area contributed by atoms with Gasteiger partial charge in [-0.2, -0.15) is 13.2 Å². The summed E-state index contributed by atoms with van der Waals surface area (Å²) in [4.78, 5) is 11.8. The van der Waals surface area contributed by atoms with E-state index in [2.05, 4.69) is 6.92 Å². The Kier molecular flexibility index (Phi) is 8.85. The van der Waals surface area contributed by atoms with E-state index in [9.17, 15) is 18.0 Å². The van der Waals surface area contributed by atoms with Gasteiger partial charge in [0.2, 0.25) is 0 Å². The first-order valence-corrected chi connectivity index (χ1v) is 7.22.